The van der Waals surface area contributed by atoms with Crippen LogP contribution in [0.5, 0.6) is 5.75 Å². The molecule has 0 bridgehead atoms. The topological polar surface area (TPSA) is 39.2 Å². The molecule has 0 aromatic carbocycles. The molecule has 0 spiro atoms. The van der Waals surface area contributed by atoms with Crippen LogP contribution in [0.2, 0.25) is 0 Å². The third-order valence-corrected chi connectivity index (χ3v) is 2.56. The molecule has 0 N–H and O–H groups in total. The van der Waals surface area contributed by atoms with E-state index in [1.807, 2.05) is 0 Å². The zero-order valence-corrected chi connectivity index (χ0v) is 10.3. The molecular weight excluding hydrogens is 342 g/mol. The van der Waals surface area contributed by atoms with Crippen molar-refractivity contribution >= 4 is 39.4 Å². The standard InChI is InChI=1S/C8H5ClF2INO2/c1-15-6-3(12)2-4(7(9)14)13-5(6)8(10)11/h2,8H,1H3. The molecule has 0 unspecified atom stereocenters. The molecule has 1 aromatic rings. The highest BCUT2D eigenvalue weighted by molar-refractivity contribution is 14.1. The van der Waals surface area contributed by atoms with Crippen LogP contribution in [0.4, 0.5) is 8.78 Å². The lowest BCUT2D eigenvalue weighted by Crippen LogP contribution is -2.04. The molecule has 1 heterocycles. The SMILES string of the molecule is COc1c(I)cc(C(=O)Cl)nc1C(F)F. The summed E-state index contributed by atoms with van der Waals surface area (Å²) < 4.78 is 30.2. The first-order valence-electron chi connectivity index (χ1n) is 3.69. The van der Waals surface area contributed by atoms with Crippen molar-refractivity contribution in [1.82, 2.24) is 4.98 Å². The molecule has 0 aliphatic heterocycles. The number of halogens is 4. The summed E-state index contributed by atoms with van der Waals surface area (Å²) in [6.07, 6.45) is -2.82. The van der Waals surface area contributed by atoms with Crippen molar-refractivity contribution in [2.24, 2.45) is 0 Å². The fraction of sp³-hybridized carbons (Fsp3) is 0.250. The summed E-state index contributed by atoms with van der Waals surface area (Å²) in [5, 5.41) is -0.877. The van der Waals surface area contributed by atoms with Gasteiger partial charge in [-0.1, -0.05) is 0 Å². The number of aromatic nitrogens is 1. The second-order valence-corrected chi connectivity index (χ2v) is 3.99. The van der Waals surface area contributed by atoms with Crippen LogP contribution in [0.3, 0.4) is 0 Å². The maximum atomic E-state index is 12.5. The van der Waals surface area contributed by atoms with Crippen LogP contribution in [0, 0.1) is 3.57 Å². The lowest BCUT2D eigenvalue weighted by Gasteiger charge is -2.09. The molecule has 0 aliphatic rings. The monoisotopic (exact) mass is 347 g/mol. The maximum absolute atomic E-state index is 12.5. The highest BCUT2D eigenvalue weighted by Gasteiger charge is 2.21. The maximum Gasteiger partial charge on any atom is 0.284 e. The molecule has 1 rings (SSSR count). The number of pyridine rings is 1. The third-order valence-electron chi connectivity index (χ3n) is 1.57. The Balaban J connectivity index is 3.38. The van der Waals surface area contributed by atoms with Crippen LogP contribution >= 0.6 is 34.2 Å². The Hall–Kier alpha value is -0.500. The van der Waals surface area contributed by atoms with Gasteiger partial charge in [-0.15, -0.1) is 0 Å². The smallest absolute Gasteiger partial charge is 0.284 e. The minimum Gasteiger partial charge on any atom is -0.493 e. The van der Waals surface area contributed by atoms with Crippen molar-refractivity contribution in [2.45, 2.75) is 6.43 Å². The average Bonchev–Trinajstić information content (AvgIpc) is 2.16. The number of carbonyl (C=O) groups is 1. The zero-order valence-electron chi connectivity index (χ0n) is 7.43. The van der Waals surface area contributed by atoms with Crippen LogP contribution in [0.1, 0.15) is 22.6 Å². The van der Waals surface area contributed by atoms with Gasteiger partial charge < -0.3 is 4.74 Å². The molecule has 15 heavy (non-hydrogen) atoms. The highest BCUT2D eigenvalue weighted by atomic mass is 127. The van der Waals surface area contributed by atoms with Gasteiger partial charge in [-0.2, -0.15) is 0 Å². The van der Waals surface area contributed by atoms with Gasteiger partial charge >= 0.3 is 0 Å². The number of methoxy groups -OCH3 is 1. The van der Waals surface area contributed by atoms with E-state index >= 15 is 0 Å². The van der Waals surface area contributed by atoms with Crippen LogP contribution in [0.15, 0.2) is 6.07 Å². The summed E-state index contributed by atoms with van der Waals surface area (Å²) in [7, 11) is 1.26. The van der Waals surface area contributed by atoms with Crippen LogP contribution in [-0.2, 0) is 0 Å². The fourth-order valence-electron chi connectivity index (χ4n) is 0.971. The number of carbonyl (C=O) groups excluding carboxylic acids is 1. The minimum absolute atomic E-state index is 0.0349. The predicted octanol–water partition coefficient (Wildman–Crippen LogP) is 3.01. The van der Waals surface area contributed by atoms with E-state index in [1.165, 1.54) is 13.2 Å². The van der Waals surface area contributed by atoms with E-state index in [9.17, 15) is 13.6 Å². The number of nitrogens with zero attached hydrogens (tertiary/aromatic N) is 1. The summed E-state index contributed by atoms with van der Waals surface area (Å²) >= 11 is 6.93. The number of ether oxygens (including phenoxy) is 1. The van der Waals surface area contributed by atoms with Gasteiger partial charge in [-0.25, -0.2) is 13.8 Å². The molecule has 3 nitrogen and oxygen atoms in total. The largest absolute Gasteiger partial charge is 0.493 e. The average molecular weight is 347 g/mol. The Morgan fingerprint density at radius 2 is 2.27 bits per heavy atom. The van der Waals surface area contributed by atoms with Crippen molar-refractivity contribution in [2.75, 3.05) is 7.11 Å². The van der Waals surface area contributed by atoms with Crippen LogP contribution in [0.25, 0.3) is 0 Å². The molecule has 0 amide bonds. The molecule has 0 atom stereocenters. The Morgan fingerprint density at radius 3 is 2.67 bits per heavy atom. The molecule has 82 valence electrons. The van der Waals surface area contributed by atoms with E-state index in [0.29, 0.717) is 3.57 Å². The van der Waals surface area contributed by atoms with Gasteiger partial charge in [0, 0.05) is 0 Å². The fourth-order valence-corrected chi connectivity index (χ4v) is 1.86. The number of hydrogen-bond acceptors (Lipinski definition) is 3. The molecule has 0 saturated carbocycles. The van der Waals surface area contributed by atoms with Gasteiger partial charge in [0.25, 0.3) is 11.7 Å². The highest BCUT2D eigenvalue weighted by Crippen LogP contribution is 2.32. The molecule has 7 heteroatoms. The predicted molar refractivity (Wildman–Crippen MR) is 58.6 cm³/mol. The Bertz CT molecular complexity index is 400. The summed E-state index contributed by atoms with van der Waals surface area (Å²) in [5.74, 6) is -0.0349. The van der Waals surface area contributed by atoms with Gasteiger partial charge in [0.15, 0.2) is 11.4 Å². The van der Waals surface area contributed by atoms with E-state index in [1.54, 1.807) is 22.6 Å². The summed E-state index contributed by atoms with van der Waals surface area (Å²) in [5.41, 5.74) is -0.787. The van der Waals surface area contributed by atoms with Gasteiger partial charge in [-0.05, 0) is 40.3 Å². The van der Waals surface area contributed by atoms with E-state index in [0.717, 1.165) is 0 Å². The molecule has 0 fully saturated rings. The quantitative estimate of drug-likeness (QED) is 0.623. The lowest BCUT2D eigenvalue weighted by molar-refractivity contribution is 0.107. The second kappa shape index (κ2) is 5.02. The van der Waals surface area contributed by atoms with E-state index < -0.39 is 17.4 Å². The van der Waals surface area contributed by atoms with Gasteiger partial charge in [0.1, 0.15) is 5.69 Å². The Morgan fingerprint density at radius 1 is 1.67 bits per heavy atom. The summed E-state index contributed by atoms with van der Waals surface area (Å²) in [6, 6.07) is 1.29. The molecule has 1 aromatic heterocycles. The van der Waals surface area contributed by atoms with Crippen molar-refractivity contribution < 1.29 is 18.3 Å². The van der Waals surface area contributed by atoms with E-state index in [4.69, 9.17) is 16.3 Å². The third kappa shape index (κ3) is 2.75. The number of rotatable bonds is 3. The normalized spacial score (nSPS) is 10.5. The lowest BCUT2D eigenvalue weighted by atomic mass is 10.3. The first kappa shape index (κ1) is 12.6. The second-order valence-electron chi connectivity index (χ2n) is 2.48. The van der Waals surface area contributed by atoms with Crippen molar-refractivity contribution in [3.8, 4) is 5.75 Å². The minimum atomic E-state index is -2.82. The van der Waals surface area contributed by atoms with Crippen molar-refractivity contribution in [3.05, 3.63) is 21.0 Å². The molecular formula is C8H5ClF2INO2. The Labute approximate surface area is 103 Å². The first-order valence-corrected chi connectivity index (χ1v) is 5.15. The Kier molecular flexibility index (Phi) is 4.21. The van der Waals surface area contributed by atoms with Gasteiger partial charge in [0.2, 0.25) is 0 Å². The van der Waals surface area contributed by atoms with Crippen LogP contribution in [-0.4, -0.2) is 17.3 Å². The van der Waals surface area contributed by atoms with Gasteiger partial charge in [0.05, 0.1) is 10.7 Å². The van der Waals surface area contributed by atoms with Gasteiger partial charge in [-0.3, -0.25) is 4.79 Å². The molecule has 0 saturated heterocycles. The summed E-state index contributed by atoms with van der Waals surface area (Å²) in [4.78, 5) is 14.2. The molecule has 0 radical (unpaired) electrons. The summed E-state index contributed by atoms with van der Waals surface area (Å²) in [6.45, 7) is 0. The number of hydrogen-bond donors (Lipinski definition) is 0. The van der Waals surface area contributed by atoms with E-state index in [-0.39, 0.29) is 11.4 Å². The van der Waals surface area contributed by atoms with E-state index in [2.05, 4.69) is 4.98 Å². The van der Waals surface area contributed by atoms with Crippen molar-refractivity contribution in [3.63, 3.8) is 0 Å². The number of alkyl halides is 2. The first-order chi connectivity index (χ1) is 6.97. The van der Waals surface area contributed by atoms with Crippen molar-refractivity contribution in [1.29, 1.82) is 0 Å². The molecule has 0 aliphatic carbocycles. The van der Waals surface area contributed by atoms with Crippen LogP contribution < -0.4 is 4.74 Å². The zero-order chi connectivity index (χ0) is 11.6.